The zero-order valence-corrected chi connectivity index (χ0v) is 23.1. The van der Waals surface area contributed by atoms with Gasteiger partial charge in [-0.1, -0.05) is 78.9 Å². The fraction of sp³-hybridized carbons (Fsp3) is 0.312. The predicted octanol–water partition coefficient (Wildman–Crippen LogP) is 4.74. The van der Waals surface area contributed by atoms with E-state index in [1.165, 1.54) is 4.90 Å². The largest absolute Gasteiger partial charge is 0.481 e. The number of nitrogens with zero attached hydrogens (tertiary/aromatic N) is 1. The maximum atomic E-state index is 13.5. The molecule has 0 unspecified atom stereocenters. The normalized spacial score (nSPS) is 12.7. The van der Waals surface area contributed by atoms with Gasteiger partial charge in [-0.05, 0) is 41.7 Å². The van der Waals surface area contributed by atoms with E-state index in [1.54, 1.807) is 26.0 Å². The number of benzene rings is 3. The standard InChI is InChI=1S/C32H34N2O7/c1-21(2)34(17-16-29(35)36)31(38)28(18-30(37)40-19-22-10-4-3-5-11-22)33-32(39)41-20-27-25-14-8-6-12-23(25)24-13-7-9-15-26(24)27/h3-15,21,27-28H,16-20H2,1-2H3,(H,33,39)(H,35,36)/t28-/m0/s1. The number of carboxylic acid groups (broad SMARTS) is 1. The van der Waals surface area contributed by atoms with Crippen LogP contribution in [0.2, 0.25) is 0 Å². The van der Waals surface area contributed by atoms with Crippen LogP contribution in [0, 0.1) is 0 Å². The Morgan fingerprint density at radius 3 is 2.02 bits per heavy atom. The smallest absolute Gasteiger partial charge is 0.407 e. The molecule has 0 spiro atoms. The van der Waals surface area contributed by atoms with Gasteiger partial charge in [0.1, 0.15) is 19.3 Å². The molecule has 3 aromatic rings. The lowest BCUT2D eigenvalue weighted by atomic mass is 9.98. The molecule has 0 bridgehead atoms. The molecule has 1 aliphatic rings. The van der Waals surface area contributed by atoms with Gasteiger partial charge in [0.25, 0.3) is 0 Å². The van der Waals surface area contributed by atoms with Crippen molar-refractivity contribution in [1.82, 2.24) is 10.2 Å². The Labute approximate surface area is 239 Å². The third kappa shape index (κ3) is 7.51. The summed E-state index contributed by atoms with van der Waals surface area (Å²) in [6.45, 7) is 3.44. The zero-order valence-electron chi connectivity index (χ0n) is 23.1. The lowest BCUT2D eigenvalue weighted by molar-refractivity contribution is -0.149. The molecule has 41 heavy (non-hydrogen) atoms. The molecule has 2 amide bonds. The van der Waals surface area contributed by atoms with Gasteiger partial charge in [-0.15, -0.1) is 0 Å². The van der Waals surface area contributed by atoms with E-state index in [1.807, 2.05) is 66.7 Å². The van der Waals surface area contributed by atoms with E-state index < -0.39 is 36.4 Å². The summed E-state index contributed by atoms with van der Waals surface area (Å²) in [5.74, 6) is -2.52. The van der Waals surface area contributed by atoms with Crippen LogP contribution in [0.4, 0.5) is 4.79 Å². The Balaban J connectivity index is 1.45. The quantitative estimate of drug-likeness (QED) is 0.308. The molecule has 0 heterocycles. The lowest BCUT2D eigenvalue weighted by Gasteiger charge is -2.30. The summed E-state index contributed by atoms with van der Waals surface area (Å²) in [5, 5.41) is 11.7. The Bertz CT molecular complexity index is 1340. The number of carbonyl (C=O) groups excluding carboxylic acids is 3. The van der Waals surface area contributed by atoms with Gasteiger partial charge in [0.15, 0.2) is 0 Å². The Hall–Kier alpha value is -4.66. The molecule has 0 radical (unpaired) electrons. The first-order valence-electron chi connectivity index (χ1n) is 13.6. The summed E-state index contributed by atoms with van der Waals surface area (Å²) in [5.41, 5.74) is 5.02. The number of hydrogen-bond donors (Lipinski definition) is 2. The second kappa shape index (κ2) is 13.6. The molecule has 0 aromatic heterocycles. The number of fused-ring (bicyclic) bond motifs is 3. The molecule has 1 atom stereocenters. The molecule has 4 rings (SSSR count). The van der Waals surface area contributed by atoms with Crippen LogP contribution in [-0.2, 0) is 30.5 Å². The molecule has 1 aliphatic carbocycles. The van der Waals surface area contributed by atoms with E-state index in [9.17, 15) is 19.2 Å². The highest BCUT2D eigenvalue weighted by molar-refractivity contribution is 5.90. The monoisotopic (exact) mass is 558 g/mol. The van der Waals surface area contributed by atoms with Crippen molar-refractivity contribution >= 4 is 23.9 Å². The number of carbonyl (C=O) groups is 4. The summed E-state index contributed by atoms with van der Waals surface area (Å²) < 4.78 is 11.0. The van der Waals surface area contributed by atoms with Gasteiger partial charge in [0.2, 0.25) is 5.91 Å². The first-order valence-corrected chi connectivity index (χ1v) is 13.6. The average Bonchev–Trinajstić information content (AvgIpc) is 3.28. The summed E-state index contributed by atoms with van der Waals surface area (Å²) >= 11 is 0. The van der Waals surface area contributed by atoms with E-state index in [2.05, 4.69) is 5.32 Å². The SMILES string of the molecule is CC(C)N(CCC(=O)O)C(=O)[C@H](CC(=O)OCc1ccccc1)NC(=O)OCC1c2ccccc2-c2ccccc21. The summed E-state index contributed by atoms with van der Waals surface area (Å²) in [6, 6.07) is 23.3. The van der Waals surface area contributed by atoms with Gasteiger partial charge in [-0.25, -0.2) is 4.79 Å². The van der Waals surface area contributed by atoms with Crippen LogP contribution in [0.5, 0.6) is 0 Å². The van der Waals surface area contributed by atoms with E-state index in [0.717, 1.165) is 27.8 Å². The number of carboxylic acids is 1. The number of nitrogens with one attached hydrogen (secondary N) is 1. The van der Waals surface area contributed by atoms with Gasteiger partial charge < -0.3 is 24.8 Å². The molecular formula is C32H34N2O7. The number of ether oxygens (including phenoxy) is 2. The summed E-state index contributed by atoms with van der Waals surface area (Å²) in [7, 11) is 0. The Morgan fingerprint density at radius 1 is 0.854 bits per heavy atom. The van der Waals surface area contributed by atoms with Crippen molar-refractivity contribution in [2.75, 3.05) is 13.2 Å². The molecule has 0 saturated heterocycles. The van der Waals surface area contributed by atoms with Crippen LogP contribution in [0.1, 0.15) is 49.3 Å². The maximum absolute atomic E-state index is 13.5. The highest BCUT2D eigenvalue weighted by Gasteiger charge is 2.33. The second-order valence-corrected chi connectivity index (χ2v) is 10.1. The van der Waals surface area contributed by atoms with Crippen molar-refractivity contribution in [3.63, 3.8) is 0 Å². The molecule has 214 valence electrons. The number of rotatable bonds is 12. The minimum Gasteiger partial charge on any atom is -0.481 e. The molecule has 3 aromatic carbocycles. The number of hydrogen-bond acceptors (Lipinski definition) is 6. The van der Waals surface area contributed by atoms with Gasteiger partial charge >= 0.3 is 18.0 Å². The fourth-order valence-electron chi connectivity index (χ4n) is 4.99. The highest BCUT2D eigenvalue weighted by atomic mass is 16.5. The van der Waals surface area contributed by atoms with E-state index in [0.29, 0.717) is 0 Å². The van der Waals surface area contributed by atoms with Crippen molar-refractivity contribution in [1.29, 1.82) is 0 Å². The van der Waals surface area contributed by atoms with Crippen molar-refractivity contribution in [2.24, 2.45) is 0 Å². The Morgan fingerprint density at radius 2 is 1.44 bits per heavy atom. The van der Waals surface area contributed by atoms with Gasteiger partial charge in [0.05, 0.1) is 12.8 Å². The van der Waals surface area contributed by atoms with Gasteiger partial charge in [0, 0.05) is 18.5 Å². The molecule has 0 fully saturated rings. The van der Waals surface area contributed by atoms with Gasteiger partial charge in [-0.2, -0.15) is 0 Å². The Kier molecular flexibility index (Phi) is 9.73. The first-order chi connectivity index (χ1) is 19.7. The predicted molar refractivity (Wildman–Crippen MR) is 152 cm³/mol. The molecule has 9 nitrogen and oxygen atoms in total. The van der Waals surface area contributed by atoms with Crippen LogP contribution >= 0.6 is 0 Å². The number of esters is 1. The van der Waals surface area contributed by atoms with Crippen molar-refractivity contribution in [2.45, 2.75) is 51.3 Å². The molecule has 0 saturated carbocycles. The van der Waals surface area contributed by atoms with Crippen LogP contribution in [0.3, 0.4) is 0 Å². The fourth-order valence-corrected chi connectivity index (χ4v) is 4.99. The minimum atomic E-state index is -1.30. The zero-order chi connectivity index (χ0) is 29.4. The highest BCUT2D eigenvalue weighted by Crippen LogP contribution is 2.44. The lowest BCUT2D eigenvalue weighted by Crippen LogP contribution is -2.52. The first kappa shape index (κ1) is 29.3. The van der Waals surface area contributed by atoms with Crippen LogP contribution < -0.4 is 5.32 Å². The van der Waals surface area contributed by atoms with Crippen LogP contribution in [0.15, 0.2) is 78.9 Å². The molecule has 2 N–H and O–H groups in total. The third-order valence-corrected chi connectivity index (χ3v) is 7.02. The van der Waals surface area contributed by atoms with Crippen LogP contribution in [0.25, 0.3) is 11.1 Å². The van der Waals surface area contributed by atoms with E-state index in [4.69, 9.17) is 14.6 Å². The van der Waals surface area contributed by atoms with E-state index in [-0.39, 0.29) is 38.1 Å². The topological polar surface area (TPSA) is 122 Å². The van der Waals surface area contributed by atoms with E-state index >= 15 is 0 Å². The maximum Gasteiger partial charge on any atom is 0.407 e. The number of alkyl carbamates (subject to hydrolysis) is 1. The molecule has 0 aliphatic heterocycles. The summed E-state index contributed by atoms with van der Waals surface area (Å²) in [4.78, 5) is 51.7. The van der Waals surface area contributed by atoms with Crippen molar-refractivity contribution < 1.29 is 33.8 Å². The second-order valence-electron chi connectivity index (χ2n) is 10.1. The minimum absolute atomic E-state index is 0.0123. The van der Waals surface area contributed by atoms with Crippen molar-refractivity contribution in [3.8, 4) is 11.1 Å². The van der Waals surface area contributed by atoms with Crippen molar-refractivity contribution in [3.05, 3.63) is 95.6 Å². The molecule has 9 heteroatoms. The number of aliphatic carboxylic acids is 1. The van der Waals surface area contributed by atoms with Crippen LogP contribution in [-0.4, -0.2) is 59.2 Å². The third-order valence-electron chi connectivity index (χ3n) is 7.02. The van der Waals surface area contributed by atoms with Gasteiger partial charge in [-0.3, -0.25) is 14.4 Å². The summed E-state index contributed by atoms with van der Waals surface area (Å²) in [6.07, 6.45) is -1.57. The molecular weight excluding hydrogens is 524 g/mol. The average molecular weight is 559 g/mol. The number of amides is 2.